The van der Waals surface area contributed by atoms with Crippen LogP contribution in [0.15, 0.2) is 83.5 Å². The molecule has 0 bridgehead atoms. The monoisotopic (exact) mass is 397 g/mol. The van der Waals surface area contributed by atoms with Crippen molar-refractivity contribution in [3.8, 4) is 5.75 Å². The Morgan fingerprint density at radius 1 is 0.967 bits per heavy atom. The third kappa shape index (κ3) is 3.82. The third-order valence-electron chi connectivity index (χ3n) is 4.96. The topological polar surface area (TPSA) is 56.1 Å². The van der Waals surface area contributed by atoms with Gasteiger partial charge in [-0.3, -0.25) is 9.69 Å². The molecule has 0 spiro atoms. The van der Waals surface area contributed by atoms with Gasteiger partial charge in [0.25, 0.3) is 5.91 Å². The summed E-state index contributed by atoms with van der Waals surface area (Å²) in [5.41, 5.74) is 4.97. The van der Waals surface area contributed by atoms with Gasteiger partial charge in [0, 0.05) is 25.3 Å². The standard InChI is InChI=1S/C25H23N3O2/c1-17-5-4-6-19(15-17)24-26-23(16-18-7-9-20(10-8-18)27(2)3)25(30)28(24)21-11-13-22(29)14-12-21/h4-16,29H,1-3H3/b23-16+. The highest BCUT2D eigenvalue weighted by atomic mass is 16.3. The van der Waals surface area contributed by atoms with E-state index in [1.54, 1.807) is 35.2 Å². The van der Waals surface area contributed by atoms with Crippen LogP contribution in [0.4, 0.5) is 11.4 Å². The summed E-state index contributed by atoms with van der Waals surface area (Å²) < 4.78 is 0. The van der Waals surface area contributed by atoms with Crippen LogP contribution in [-0.4, -0.2) is 30.9 Å². The van der Waals surface area contributed by atoms with Crippen molar-refractivity contribution < 1.29 is 9.90 Å². The molecule has 1 aliphatic heterocycles. The number of aromatic hydroxyl groups is 1. The molecule has 1 aliphatic rings. The molecule has 0 atom stereocenters. The first-order chi connectivity index (χ1) is 14.4. The summed E-state index contributed by atoms with van der Waals surface area (Å²) in [5.74, 6) is 0.524. The molecule has 0 aliphatic carbocycles. The van der Waals surface area contributed by atoms with Crippen molar-refractivity contribution in [3.63, 3.8) is 0 Å². The van der Waals surface area contributed by atoms with Crippen LogP contribution in [0.3, 0.4) is 0 Å². The number of nitrogens with zero attached hydrogens (tertiary/aromatic N) is 3. The first-order valence-corrected chi connectivity index (χ1v) is 9.71. The summed E-state index contributed by atoms with van der Waals surface area (Å²) in [7, 11) is 3.98. The van der Waals surface area contributed by atoms with Crippen molar-refractivity contribution in [2.24, 2.45) is 4.99 Å². The second-order valence-corrected chi connectivity index (χ2v) is 7.48. The molecule has 0 fully saturated rings. The van der Waals surface area contributed by atoms with Crippen LogP contribution in [0.1, 0.15) is 16.7 Å². The van der Waals surface area contributed by atoms with Gasteiger partial charge in [0.2, 0.25) is 0 Å². The molecule has 0 unspecified atom stereocenters. The minimum absolute atomic E-state index is 0.149. The Bertz CT molecular complexity index is 1140. The lowest BCUT2D eigenvalue weighted by Gasteiger charge is -2.18. The molecule has 150 valence electrons. The van der Waals surface area contributed by atoms with Crippen molar-refractivity contribution in [1.29, 1.82) is 0 Å². The minimum atomic E-state index is -0.200. The summed E-state index contributed by atoms with van der Waals surface area (Å²) in [6.45, 7) is 2.01. The molecular formula is C25H23N3O2. The lowest BCUT2D eigenvalue weighted by molar-refractivity contribution is -0.113. The summed E-state index contributed by atoms with van der Waals surface area (Å²) in [6.07, 6.45) is 1.80. The number of anilines is 2. The van der Waals surface area contributed by atoms with E-state index in [9.17, 15) is 9.90 Å². The lowest BCUT2D eigenvalue weighted by Crippen LogP contribution is -2.32. The number of amidine groups is 1. The SMILES string of the molecule is Cc1cccc(C2=N/C(=C/c3ccc(N(C)C)cc3)C(=O)N2c2ccc(O)cc2)c1. The van der Waals surface area contributed by atoms with Crippen molar-refractivity contribution in [2.45, 2.75) is 6.92 Å². The second kappa shape index (κ2) is 7.87. The number of hydrogen-bond donors (Lipinski definition) is 1. The Morgan fingerprint density at radius 3 is 2.30 bits per heavy atom. The average Bonchev–Trinajstić information content (AvgIpc) is 3.05. The fourth-order valence-electron chi connectivity index (χ4n) is 3.36. The predicted molar refractivity (Wildman–Crippen MR) is 122 cm³/mol. The molecule has 1 heterocycles. The van der Waals surface area contributed by atoms with E-state index < -0.39 is 0 Å². The highest BCUT2D eigenvalue weighted by molar-refractivity contribution is 6.33. The number of hydrogen-bond acceptors (Lipinski definition) is 4. The third-order valence-corrected chi connectivity index (χ3v) is 4.96. The van der Waals surface area contributed by atoms with E-state index in [-0.39, 0.29) is 11.7 Å². The Hall–Kier alpha value is -3.86. The van der Waals surface area contributed by atoms with Crippen molar-refractivity contribution >= 4 is 29.2 Å². The van der Waals surface area contributed by atoms with Gasteiger partial charge in [-0.25, -0.2) is 4.99 Å². The summed E-state index contributed by atoms with van der Waals surface area (Å²) >= 11 is 0. The fourth-order valence-corrected chi connectivity index (χ4v) is 3.36. The molecule has 3 aromatic rings. The van der Waals surface area contributed by atoms with E-state index in [1.807, 2.05) is 74.4 Å². The zero-order valence-corrected chi connectivity index (χ0v) is 17.2. The molecule has 1 amide bonds. The number of aryl methyl sites for hydroxylation is 1. The maximum absolute atomic E-state index is 13.3. The second-order valence-electron chi connectivity index (χ2n) is 7.48. The number of amides is 1. The normalized spacial score (nSPS) is 14.9. The zero-order chi connectivity index (χ0) is 21.3. The van der Waals surface area contributed by atoms with E-state index in [0.29, 0.717) is 17.2 Å². The van der Waals surface area contributed by atoms with E-state index in [4.69, 9.17) is 4.99 Å². The van der Waals surface area contributed by atoms with E-state index in [0.717, 1.165) is 22.4 Å². The molecule has 30 heavy (non-hydrogen) atoms. The molecule has 0 aromatic heterocycles. The van der Waals surface area contributed by atoms with Gasteiger partial charge in [0.1, 0.15) is 17.3 Å². The first-order valence-electron chi connectivity index (χ1n) is 9.71. The minimum Gasteiger partial charge on any atom is -0.508 e. The van der Waals surface area contributed by atoms with Crippen LogP contribution in [0.2, 0.25) is 0 Å². The first kappa shape index (κ1) is 19.5. The van der Waals surface area contributed by atoms with Gasteiger partial charge in [-0.1, -0.05) is 35.9 Å². The van der Waals surface area contributed by atoms with Gasteiger partial charge >= 0.3 is 0 Å². The molecule has 0 saturated heterocycles. The van der Waals surface area contributed by atoms with Crippen LogP contribution in [0, 0.1) is 6.92 Å². The maximum atomic E-state index is 13.3. The van der Waals surface area contributed by atoms with Crippen LogP contribution < -0.4 is 9.80 Å². The number of aliphatic imine (C=N–C) groups is 1. The van der Waals surface area contributed by atoms with Crippen LogP contribution in [0.5, 0.6) is 5.75 Å². The Balaban J connectivity index is 1.78. The van der Waals surface area contributed by atoms with E-state index >= 15 is 0 Å². The Morgan fingerprint density at radius 2 is 1.67 bits per heavy atom. The summed E-state index contributed by atoms with van der Waals surface area (Å²) in [6, 6.07) is 22.4. The molecule has 0 saturated carbocycles. The average molecular weight is 397 g/mol. The largest absolute Gasteiger partial charge is 0.508 e. The molecule has 1 N–H and O–H groups in total. The smallest absolute Gasteiger partial charge is 0.282 e. The molecule has 5 nitrogen and oxygen atoms in total. The highest BCUT2D eigenvalue weighted by Crippen LogP contribution is 2.29. The molecule has 0 radical (unpaired) electrons. The molecule has 5 heteroatoms. The van der Waals surface area contributed by atoms with Crippen molar-refractivity contribution in [3.05, 3.63) is 95.2 Å². The number of benzene rings is 3. The van der Waals surface area contributed by atoms with E-state index in [1.165, 1.54) is 0 Å². The Kier molecular flexibility index (Phi) is 5.11. The number of rotatable bonds is 4. The number of carbonyl (C=O) groups is 1. The zero-order valence-electron chi connectivity index (χ0n) is 17.2. The maximum Gasteiger partial charge on any atom is 0.282 e. The molecule has 3 aromatic carbocycles. The predicted octanol–water partition coefficient (Wildman–Crippen LogP) is 4.60. The number of phenolic OH excluding ortho intramolecular Hbond substituents is 1. The van der Waals surface area contributed by atoms with Crippen molar-refractivity contribution in [2.75, 3.05) is 23.9 Å². The number of phenols is 1. The quantitative estimate of drug-likeness (QED) is 0.655. The van der Waals surface area contributed by atoms with Gasteiger partial charge in [-0.2, -0.15) is 0 Å². The van der Waals surface area contributed by atoms with Gasteiger partial charge in [-0.05, 0) is 61.0 Å². The number of carbonyl (C=O) groups excluding carboxylic acids is 1. The van der Waals surface area contributed by atoms with Crippen LogP contribution >= 0.6 is 0 Å². The summed E-state index contributed by atoms with van der Waals surface area (Å²) in [4.78, 5) is 21.6. The van der Waals surface area contributed by atoms with Crippen LogP contribution in [-0.2, 0) is 4.79 Å². The van der Waals surface area contributed by atoms with E-state index in [2.05, 4.69) is 0 Å². The van der Waals surface area contributed by atoms with Crippen LogP contribution in [0.25, 0.3) is 6.08 Å². The molecule has 4 rings (SSSR count). The van der Waals surface area contributed by atoms with Gasteiger partial charge in [0.15, 0.2) is 0 Å². The molecular weight excluding hydrogens is 374 g/mol. The Labute approximate surface area is 176 Å². The van der Waals surface area contributed by atoms with Gasteiger partial charge < -0.3 is 10.0 Å². The highest BCUT2D eigenvalue weighted by Gasteiger charge is 2.32. The summed E-state index contributed by atoms with van der Waals surface area (Å²) in [5, 5.41) is 9.64. The van der Waals surface area contributed by atoms with Crippen molar-refractivity contribution in [1.82, 2.24) is 0 Å². The fraction of sp³-hybridized carbons (Fsp3) is 0.120. The van der Waals surface area contributed by atoms with Gasteiger partial charge in [-0.15, -0.1) is 0 Å². The lowest BCUT2D eigenvalue weighted by atomic mass is 10.1. The van der Waals surface area contributed by atoms with Gasteiger partial charge in [0.05, 0.1) is 5.69 Å².